The van der Waals surface area contributed by atoms with Crippen molar-refractivity contribution in [2.24, 2.45) is 15.8 Å². The molecule has 0 N–H and O–H groups in total. The fourth-order valence-corrected chi connectivity index (χ4v) is 2.70. The first-order valence-corrected chi connectivity index (χ1v) is 8.82. The van der Waals surface area contributed by atoms with Crippen LogP contribution in [-0.4, -0.2) is 6.21 Å². The van der Waals surface area contributed by atoms with Gasteiger partial charge in [0.15, 0.2) is 0 Å². The average Bonchev–Trinajstić information content (AvgIpc) is 3.04. The number of hydrogen-bond donors (Lipinski definition) is 0. The molecule has 0 spiro atoms. The molecule has 1 aromatic rings. The summed E-state index contributed by atoms with van der Waals surface area (Å²) in [4.78, 5) is 4.67. The van der Waals surface area contributed by atoms with Crippen molar-refractivity contribution < 1.29 is 4.74 Å². The molecule has 1 aromatic carbocycles. The molecule has 0 saturated heterocycles. The van der Waals surface area contributed by atoms with Crippen molar-refractivity contribution in [2.45, 2.75) is 41.5 Å². The molecule has 2 aliphatic heterocycles. The van der Waals surface area contributed by atoms with Crippen LogP contribution in [0.15, 0.2) is 76.3 Å². The van der Waals surface area contributed by atoms with Gasteiger partial charge in [0.05, 0.1) is 5.70 Å². The fourth-order valence-electron chi connectivity index (χ4n) is 2.70. The summed E-state index contributed by atoms with van der Waals surface area (Å²) in [5, 5.41) is 0. The quantitative estimate of drug-likeness (QED) is 0.591. The first-order chi connectivity index (χ1) is 11.6. The van der Waals surface area contributed by atoms with E-state index in [1.165, 1.54) is 5.56 Å². The molecular weight excluding hydrogens is 306 g/mol. The van der Waals surface area contributed by atoms with Crippen LogP contribution < -0.4 is 0 Å². The zero-order valence-corrected chi connectivity index (χ0v) is 16.1. The monoisotopic (exact) mass is 333 g/mol. The number of rotatable bonds is 1. The lowest BCUT2D eigenvalue weighted by atomic mass is 9.86. The molecule has 2 aliphatic rings. The molecule has 0 atom stereocenters. The number of hydrogen-bond acceptors (Lipinski definition) is 2. The van der Waals surface area contributed by atoms with E-state index in [9.17, 15) is 0 Å². The first kappa shape index (κ1) is 17.5. The highest BCUT2D eigenvalue weighted by Gasteiger charge is 2.29. The predicted octanol–water partition coefficient (Wildman–Crippen LogP) is 6.30. The van der Waals surface area contributed by atoms with Crippen LogP contribution in [0.4, 0.5) is 0 Å². The zero-order valence-electron chi connectivity index (χ0n) is 16.1. The van der Waals surface area contributed by atoms with Gasteiger partial charge in [-0.25, -0.2) is 0 Å². The summed E-state index contributed by atoms with van der Waals surface area (Å²) in [5.41, 5.74) is 4.34. The van der Waals surface area contributed by atoms with E-state index in [4.69, 9.17) is 4.74 Å². The molecule has 0 saturated carbocycles. The van der Waals surface area contributed by atoms with Crippen LogP contribution in [0, 0.1) is 10.8 Å². The van der Waals surface area contributed by atoms with E-state index in [1.54, 1.807) is 0 Å². The minimum Gasteiger partial charge on any atom is -0.465 e. The second-order valence-corrected chi connectivity index (χ2v) is 8.68. The van der Waals surface area contributed by atoms with Crippen LogP contribution in [0.5, 0.6) is 0 Å². The van der Waals surface area contributed by atoms with Crippen LogP contribution >= 0.6 is 0 Å². The molecule has 0 radical (unpaired) electrons. The maximum Gasteiger partial charge on any atom is 0.110 e. The van der Waals surface area contributed by atoms with Crippen LogP contribution in [0.1, 0.15) is 47.1 Å². The van der Waals surface area contributed by atoms with Crippen LogP contribution in [0.25, 0.3) is 5.57 Å². The standard InChI is InChI=1S/C23H27NO/c1-22(2,3)20-13-17(14-21(25-20)23(4,5)6)19-12-18(15-24-19)16-10-8-7-9-11-16/h7-15H,1-6H3. The van der Waals surface area contributed by atoms with Crippen molar-refractivity contribution in [1.29, 1.82) is 0 Å². The minimum absolute atomic E-state index is 0.0507. The number of ether oxygens (including phenoxy) is 1. The highest BCUT2D eigenvalue weighted by Crippen LogP contribution is 2.40. The van der Waals surface area contributed by atoms with Gasteiger partial charge < -0.3 is 4.74 Å². The van der Waals surface area contributed by atoms with E-state index in [0.29, 0.717) is 0 Å². The summed E-state index contributed by atoms with van der Waals surface area (Å²) in [5.74, 6) is 1.97. The van der Waals surface area contributed by atoms with Gasteiger partial charge in [-0.2, -0.15) is 0 Å². The Hall–Kier alpha value is -2.35. The molecule has 25 heavy (non-hydrogen) atoms. The van der Waals surface area contributed by atoms with Gasteiger partial charge in [-0.05, 0) is 23.8 Å². The predicted molar refractivity (Wildman–Crippen MR) is 106 cm³/mol. The van der Waals surface area contributed by atoms with Crippen molar-refractivity contribution in [3.8, 4) is 0 Å². The molecule has 0 aliphatic carbocycles. The van der Waals surface area contributed by atoms with Gasteiger partial charge in [0.2, 0.25) is 0 Å². The van der Waals surface area contributed by atoms with Crippen molar-refractivity contribution in [3.63, 3.8) is 0 Å². The zero-order chi connectivity index (χ0) is 18.2. The molecule has 2 nitrogen and oxygen atoms in total. The van der Waals surface area contributed by atoms with Gasteiger partial charge in [-0.15, -0.1) is 0 Å². The third-order valence-corrected chi connectivity index (χ3v) is 4.31. The Balaban J connectivity index is 2.07. The molecule has 0 unspecified atom stereocenters. The second-order valence-electron chi connectivity index (χ2n) is 8.68. The third kappa shape index (κ3) is 3.84. The van der Waals surface area contributed by atoms with Gasteiger partial charge in [-0.1, -0.05) is 71.9 Å². The van der Waals surface area contributed by atoms with E-state index in [1.807, 2.05) is 12.3 Å². The molecule has 0 bridgehead atoms. The molecule has 0 fully saturated rings. The van der Waals surface area contributed by atoms with Gasteiger partial charge >= 0.3 is 0 Å². The highest BCUT2D eigenvalue weighted by molar-refractivity contribution is 6.13. The molecule has 0 aromatic heterocycles. The molecule has 0 amide bonds. The Morgan fingerprint density at radius 3 is 1.84 bits per heavy atom. The van der Waals surface area contributed by atoms with Crippen molar-refractivity contribution >= 4 is 11.8 Å². The first-order valence-electron chi connectivity index (χ1n) is 8.82. The maximum atomic E-state index is 6.23. The Labute approximate surface area is 151 Å². The smallest absolute Gasteiger partial charge is 0.110 e. The van der Waals surface area contributed by atoms with Gasteiger partial charge in [0.25, 0.3) is 0 Å². The Bertz CT molecular complexity index is 787. The number of allylic oxidation sites excluding steroid dienone is 7. The number of nitrogens with zero attached hydrogens (tertiary/aromatic N) is 1. The summed E-state index contributed by atoms with van der Waals surface area (Å²) in [6, 6.07) is 10.4. The van der Waals surface area contributed by atoms with E-state index >= 15 is 0 Å². The van der Waals surface area contributed by atoms with Crippen LogP contribution in [-0.2, 0) is 4.74 Å². The summed E-state index contributed by atoms with van der Waals surface area (Å²) in [6.07, 6.45) is 8.37. The van der Waals surface area contributed by atoms with Gasteiger partial charge in [0.1, 0.15) is 11.5 Å². The van der Waals surface area contributed by atoms with Gasteiger partial charge in [-0.3, -0.25) is 4.99 Å². The van der Waals surface area contributed by atoms with Gasteiger partial charge in [0, 0.05) is 28.2 Å². The summed E-state index contributed by atoms with van der Waals surface area (Å²) < 4.78 is 6.23. The Kier molecular flexibility index (Phi) is 4.32. The van der Waals surface area contributed by atoms with Crippen LogP contribution in [0.2, 0.25) is 0 Å². The van der Waals surface area contributed by atoms with E-state index < -0.39 is 0 Å². The van der Waals surface area contributed by atoms with Crippen molar-refractivity contribution in [2.75, 3.05) is 0 Å². The lowest BCUT2D eigenvalue weighted by molar-refractivity contribution is 0.161. The van der Waals surface area contributed by atoms with Crippen molar-refractivity contribution in [3.05, 3.63) is 76.9 Å². The Morgan fingerprint density at radius 2 is 1.32 bits per heavy atom. The highest BCUT2D eigenvalue weighted by atomic mass is 16.5. The SMILES string of the molecule is CC(C)(C)C1=CC(=C2C=C(c3ccccc3)C=N2)C=C(C(C)(C)C)O1. The largest absolute Gasteiger partial charge is 0.465 e. The maximum absolute atomic E-state index is 6.23. The van der Waals surface area contributed by atoms with Crippen LogP contribution in [0.3, 0.4) is 0 Å². The molecule has 3 rings (SSSR count). The second kappa shape index (κ2) is 6.18. The minimum atomic E-state index is -0.0507. The molecule has 130 valence electrons. The summed E-state index contributed by atoms with van der Waals surface area (Å²) in [7, 11) is 0. The average molecular weight is 333 g/mol. The lowest BCUT2D eigenvalue weighted by Crippen LogP contribution is -2.21. The normalized spacial score (nSPS) is 17.9. The lowest BCUT2D eigenvalue weighted by Gasteiger charge is -2.32. The van der Waals surface area contributed by atoms with E-state index in [2.05, 4.69) is 89.0 Å². The van der Waals surface area contributed by atoms with E-state index in [0.717, 1.165) is 28.4 Å². The summed E-state index contributed by atoms with van der Waals surface area (Å²) >= 11 is 0. The molecule has 2 heterocycles. The molecular formula is C23H27NO. The topological polar surface area (TPSA) is 21.6 Å². The number of aliphatic imine (C=N–C) groups is 1. The Morgan fingerprint density at radius 1 is 0.760 bits per heavy atom. The number of benzene rings is 1. The summed E-state index contributed by atoms with van der Waals surface area (Å²) in [6.45, 7) is 13.1. The van der Waals surface area contributed by atoms with Crippen molar-refractivity contribution in [1.82, 2.24) is 0 Å². The molecule has 2 heteroatoms. The third-order valence-electron chi connectivity index (χ3n) is 4.31. The fraction of sp³-hybridized carbons (Fsp3) is 0.348. The van der Waals surface area contributed by atoms with E-state index in [-0.39, 0.29) is 10.8 Å².